The molecule has 0 atom stereocenters. The van der Waals surface area contributed by atoms with Crippen molar-refractivity contribution in [1.29, 1.82) is 0 Å². The molecule has 2 nitrogen and oxygen atoms in total. The summed E-state index contributed by atoms with van der Waals surface area (Å²) in [6.07, 6.45) is 14.3. The maximum atomic E-state index is 9.84. The predicted molar refractivity (Wildman–Crippen MR) is 78.1 cm³/mol. The maximum Gasteiger partial charge on any atom is 0.191 e. The summed E-state index contributed by atoms with van der Waals surface area (Å²) in [6.45, 7) is 4.47. The number of nitrogens with one attached hydrogen (secondary N) is 1. The van der Waals surface area contributed by atoms with Gasteiger partial charge in [-0.2, -0.15) is 0 Å². The normalized spacial score (nSPS) is 11.0. The van der Waals surface area contributed by atoms with Crippen molar-refractivity contribution in [2.75, 3.05) is 0 Å². The van der Waals surface area contributed by atoms with Gasteiger partial charge >= 0.3 is 0 Å². The summed E-state index contributed by atoms with van der Waals surface area (Å²) in [5, 5.41) is 9.84. The van der Waals surface area contributed by atoms with E-state index in [1.807, 2.05) is 6.20 Å². The van der Waals surface area contributed by atoms with E-state index in [1.165, 1.54) is 62.5 Å². The van der Waals surface area contributed by atoms with E-state index in [0.29, 0.717) is 5.88 Å². The Kier molecular flexibility index (Phi) is 7.63. The minimum absolute atomic E-state index is 0.400. The molecule has 0 saturated heterocycles. The van der Waals surface area contributed by atoms with Crippen molar-refractivity contribution in [3.8, 4) is 5.88 Å². The summed E-state index contributed by atoms with van der Waals surface area (Å²) in [5.41, 5.74) is 2.50. The lowest BCUT2D eigenvalue weighted by Crippen LogP contribution is -1.92. The van der Waals surface area contributed by atoms with E-state index < -0.39 is 0 Å². The Balaban J connectivity index is 2.37. The van der Waals surface area contributed by atoms with Crippen LogP contribution in [0, 0.1) is 0 Å². The van der Waals surface area contributed by atoms with E-state index in [4.69, 9.17) is 0 Å². The number of aryl methyl sites for hydroxylation is 1. The fourth-order valence-corrected chi connectivity index (χ4v) is 2.45. The van der Waals surface area contributed by atoms with Gasteiger partial charge in [-0.25, -0.2) is 0 Å². The molecule has 0 amide bonds. The standard InChI is InChI=1S/C16H29NO/c1-3-5-7-9-11-14-13-17-16(18)15(14)12-10-8-6-4-2/h13,17-18H,3-12H2,1-2H3. The van der Waals surface area contributed by atoms with Crippen molar-refractivity contribution in [2.24, 2.45) is 0 Å². The second-order valence-electron chi connectivity index (χ2n) is 5.26. The fraction of sp³-hybridized carbons (Fsp3) is 0.750. The number of hydrogen-bond acceptors (Lipinski definition) is 1. The summed E-state index contributed by atoms with van der Waals surface area (Å²) in [4.78, 5) is 2.97. The summed E-state index contributed by atoms with van der Waals surface area (Å²) in [7, 11) is 0. The molecule has 0 saturated carbocycles. The molecule has 0 spiro atoms. The second-order valence-corrected chi connectivity index (χ2v) is 5.26. The van der Waals surface area contributed by atoms with Crippen LogP contribution in [-0.4, -0.2) is 10.1 Å². The van der Waals surface area contributed by atoms with Crippen molar-refractivity contribution >= 4 is 0 Å². The highest BCUT2D eigenvalue weighted by Gasteiger charge is 2.09. The van der Waals surface area contributed by atoms with Gasteiger partial charge < -0.3 is 10.1 Å². The molecule has 0 fully saturated rings. The van der Waals surface area contributed by atoms with Gasteiger partial charge in [-0.05, 0) is 31.2 Å². The van der Waals surface area contributed by atoms with E-state index in [-0.39, 0.29) is 0 Å². The first kappa shape index (κ1) is 15.1. The predicted octanol–water partition coefficient (Wildman–Crippen LogP) is 4.97. The van der Waals surface area contributed by atoms with Crippen molar-refractivity contribution in [3.05, 3.63) is 17.3 Å². The molecule has 0 radical (unpaired) electrons. The lowest BCUT2D eigenvalue weighted by molar-refractivity contribution is 0.448. The number of H-pyrrole nitrogens is 1. The van der Waals surface area contributed by atoms with Crippen molar-refractivity contribution in [2.45, 2.75) is 78.1 Å². The molecule has 0 bridgehead atoms. The van der Waals surface area contributed by atoms with Crippen LogP contribution >= 0.6 is 0 Å². The van der Waals surface area contributed by atoms with Crippen LogP contribution in [0.1, 0.15) is 76.3 Å². The third-order valence-electron chi connectivity index (χ3n) is 3.64. The van der Waals surface area contributed by atoms with Crippen LogP contribution in [0.4, 0.5) is 0 Å². The van der Waals surface area contributed by atoms with Crippen molar-refractivity contribution in [1.82, 2.24) is 4.98 Å². The van der Waals surface area contributed by atoms with Crippen LogP contribution in [0.15, 0.2) is 6.20 Å². The van der Waals surface area contributed by atoms with Gasteiger partial charge in [0, 0.05) is 11.8 Å². The molecule has 0 aliphatic rings. The quantitative estimate of drug-likeness (QED) is 0.566. The Morgan fingerprint density at radius 1 is 0.889 bits per heavy atom. The summed E-state index contributed by atoms with van der Waals surface area (Å²) in [5.74, 6) is 0.400. The first-order valence-electron chi connectivity index (χ1n) is 7.67. The van der Waals surface area contributed by atoms with Gasteiger partial charge in [0.1, 0.15) is 0 Å². The molecule has 18 heavy (non-hydrogen) atoms. The molecule has 0 aliphatic carbocycles. The largest absolute Gasteiger partial charge is 0.494 e. The SMILES string of the molecule is CCCCCCc1c[nH]c(O)c1CCCCCC. The van der Waals surface area contributed by atoms with Gasteiger partial charge in [0.05, 0.1) is 0 Å². The zero-order chi connectivity index (χ0) is 13.2. The van der Waals surface area contributed by atoms with E-state index >= 15 is 0 Å². The number of aromatic hydroxyl groups is 1. The molecule has 0 unspecified atom stereocenters. The van der Waals surface area contributed by atoms with Crippen LogP contribution < -0.4 is 0 Å². The summed E-state index contributed by atoms with van der Waals surface area (Å²) in [6, 6.07) is 0. The molecule has 2 heteroatoms. The fourth-order valence-electron chi connectivity index (χ4n) is 2.45. The Morgan fingerprint density at radius 3 is 2.11 bits per heavy atom. The molecule has 1 heterocycles. The third kappa shape index (κ3) is 5.16. The Labute approximate surface area is 112 Å². The Bertz CT molecular complexity index is 317. The molecular weight excluding hydrogens is 222 g/mol. The highest BCUT2D eigenvalue weighted by molar-refractivity contribution is 5.34. The first-order valence-corrected chi connectivity index (χ1v) is 7.67. The van der Waals surface area contributed by atoms with Crippen LogP contribution in [0.3, 0.4) is 0 Å². The van der Waals surface area contributed by atoms with Crippen LogP contribution in [0.25, 0.3) is 0 Å². The second kappa shape index (κ2) is 9.07. The first-order chi connectivity index (χ1) is 8.79. The minimum atomic E-state index is 0.400. The Hall–Kier alpha value is -0.920. The molecule has 1 rings (SSSR count). The van der Waals surface area contributed by atoms with E-state index in [1.54, 1.807) is 0 Å². The number of aromatic amines is 1. The Morgan fingerprint density at radius 2 is 1.50 bits per heavy atom. The molecule has 104 valence electrons. The highest BCUT2D eigenvalue weighted by Crippen LogP contribution is 2.24. The van der Waals surface area contributed by atoms with Gasteiger partial charge in [-0.15, -0.1) is 0 Å². The maximum absolute atomic E-state index is 9.84. The van der Waals surface area contributed by atoms with Crippen molar-refractivity contribution < 1.29 is 5.11 Å². The topological polar surface area (TPSA) is 36.0 Å². The number of rotatable bonds is 10. The average Bonchev–Trinajstić information content (AvgIpc) is 2.72. The van der Waals surface area contributed by atoms with Gasteiger partial charge in [0.2, 0.25) is 0 Å². The molecule has 0 aliphatic heterocycles. The molecule has 1 aromatic heterocycles. The lowest BCUT2D eigenvalue weighted by Gasteiger charge is -2.05. The van der Waals surface area contributed by atoms with Gasteiger partial charge in [-0.3, -0.25) is 0 Å². The van der Waals surface area contributed by atoms with Gasteiger partial charge in [0.25, 0.3) is 0 Å². The van der Waals surface area contributed by atoms with Gasteiger partial charge in [-0.1, -0.05) is 52.4 Å². The average molecular weight is 251 g/mol. The zero-order valence-corrected chi connectivity index (χ0v) is 12.1. The number of hydrogen-bond donors (Lipinski definition) is 2. The molecular formula is C16H29NO. The van der Waals surface area contributed by atoms with E-state index in [0.717, 1.165) is 12.8 Å². The summed E-state index contributed by atoms with van der Waals surface area (Å²) >= 11 is 0. The van der Waals surface area contributed by atoms with Crippen molar-refractivity contribution in [3.63, 3.8) is 0 Å². The lowest BCUT2D eigenvalue weighted by atomic mass is 10.0. The number of unbranched alkanes of at least 4 members (excludes halogenated alkanes) is 6. The number of aromatic nitrogens is 1. The van der Waals surface area contributed by atoms with Crippen LogP contribution in [0.5, 0.6) is 5.88 Å². The van der Waals surface area contributed by atoms with E-state index in [9.17, 15) is 5.11 Å². The zero-order valence-electron chi connectivity index (χ0n) is 12.1. The minimum Gasteiger partial charge on any atom is -0.494 e. The van der Waals surface area contributed by atoms with E-state index in [2.05, 4.69) is 18.8 Å². The molecule has 0 aromatic carbocycles. The monoisotopic (exact) mass is 251 g/mol. The molecule has 2 N–H and O–H groups in total. The van der Waals surface area contributed by atoms with Gasteiger partial charge in [0.15, 0.2) is 5.88 Å². The summed E-state index contributed by atoms with van der Waals surface area (Å²) < 4.78 is 0. The smallest absolute Gasteiger partial charge is 0.191 e. The van der Waals surface area contributed by atoms with Crippen LogP contribution in [-0.2, 0) is 12.8 Å². The van der Waals surface area contributed by atoms with Crippen LogP contribution in [0.2, 0.25) is 0 Å². The molecule has 1 aromatic rings. The highest BCUT2D eigenvalue weighted by atomic mass is 16.3. The third-order valence-corrected chi connectivity index (χ3v) is 3.64.